The van der Waals surface area contributed by atoms with Crippen LogP contribution in [0.15, 0.2) is 109 Å². The van der Waals surface area contributed by atoms with Crippen LogP contribution >= 0.6 is 17.0 Å². The Morgan fingerprint density at radius 3 is 1.12 bits per heavy atom. The van der Waals surface area contributed by atoms with E-state index in [1.165, 1.54) is 171 Å². The molecule has 0 unspecified atom stereocenters. The summed E-state index contributed by atoms with van der Waals surface area (Å²) in [6.45, 7) is 22.7. The number of hydrogen-bond donors (Lipinski definition) is 0. The molecule has 0 nitrogen and oxygen atoms in total. The molecular weight excluding hydrogens is 935 g/mol. The van der Waals surface area contributed by atoms with Gasteiger partial charge in [0.2, 0.25) is 0 Å². The Balaban J connectivity index is 0.000000221. The second-order valence-electron chi connectivity index (χ2n) is 22.3. The Labute approximate surface area is 425 Å². The van der Waals surface area contributed by atoms with E-state index < -0.39 is 20.8 Å². The third kappa shape index (κ3) is 15.4. The summed E-state index contributed by atoms with van der Waals surface area (Å²) in [5.74, 6) is 0. The average molecular weight is 1020 g/mol. The van der Waals surface area contributed by atoms with Gasteiger partial charge in [0.05, 0.1) is 0 Å². The molecular formula is C62H84Cl2SiZr. The predicted molar refractivity (Wildman–Crippen MR) is 294 cm³/mol. The summed E-state index contributed by atoms with van der Waals surface area (Å²) in [6.07, 6.45) is 25.0. The van der Waals surface area contributed by atoms with Crippen LogP contribution in [-0.2, 0) is 44.5 Å². The van der Waals surface area contributed by atoms with Gasteiger partial charge in [0.1, 0.15) is 0 Å². The van der Waals surface area contributed by atoms with Gasteiger partial charge in [-0.25, -0.2) is 0 Å². The van der Waals surface area contributed by atoms with Gasteiger partial charge < -0.3 is 0 Å². The monoisotopic (exact) mass is 1020 g/mol. The van der Waals surface area contributed by atoms with E-state index in [1.54, 1.807) is 11.1 Å². The molecule has 2 radical (unpaired) electrons. The predicted octanol–water partition coefficient (Wildman–Crippen LogP) is 20.6. The molecule has 354 valence electrons. The summed E-state index contributed by atoms with van der Waals surface area (Å²) in [5, 5.41) is 5.66. The van der Waals surface area contributed by atoms with Crippen molar-refractivity contribution in [3.63, 3.8) is 0 Å². The molecule has 2 fully saturated rings. The van der Waals surface area contributed by atoms with Crippen LogP contribution in [0.25, 0.3) is 43.8 Å². The van der Waals surface area contributed by atoms with E-state index in [9.17, 15) is 0 Å². The Hall–Kier alpha value is -2.22. The van der Waals surface area contributed by atoms with Crippen LogP contribution < -0.4 is 0 Å². The van der Waals surface area contributed by atoms with Gasteiger partial charge in [0.25, 0.3) is 0 Å². The van der Waals surface area contributed by atoms with Crippen LogP contribution in [-0.4, -0.2) is 9.52 Å². The molecule has 2 aliphatic carbocycles. The molecule has 0 N–H and O–H groups in total. The Morgan fingerprint density at radius 2 is 0.833 bits per heavy atom. The quantitative estimate of drug-likeness (QED) is 0.0729. The Kier molecular flexibility index (Phi) is 21.7. The second kappa shape index (κ2) is 26.1. The van der Waals surface area contributed by atoms with E-state index in [0.29, 0.717) is 10.8 Å². The van der Waals surface area contributed by atoms with Crippen molar-refractivity contribution >= 4 is 48.1 Å². The molecule has 0 heterocycles. The zero-order valence-electron chi connectivity index (χ0n) is 42.9. The van der Waals surface area contributed by atoms with Crippen LogP contribution in [0.5, 0.6) is 0 Å². The minimum atomic E-state index is -0.826. The summed E-state index contributed by atoms with van der Waals surface area (Å²) >= 11 is -0.826. The van der Waals surface area contributed by atoms with Crippen molar-refractivity contribution in [3.8, 4) is 22.3 Å². The molecule has 66 heavy (non-hydrogen) atoms. The summed E-state index contributed by atoms with van der Waals surface area (Å²) < 4.78 is 0. The molecule has 0 aromatic heterocycles. The van der Waals surface area contributed by atoms with Gasteiger partial charge in [0.15, 0.2) is 0 Å². The fraction of sp³-hybridized carbons (Fsp3) is 0.516. The van der Waals surface area contributed by atoms with Crippen LogP contribution in [0, 0.1) is 10.8 Å². The first-order valence-electron chi connectivity index (χ1n) is 25.8. The van der Waals surface area contributed by atoms with E-state index in [1.807, 2.05) is 0 Å². The van der Waals surface area contributed by atoms with Crippen LogP contribution in [0.2, 0.25) is 13.1 Å². The summed E-state index contributed by atoms with van der Waals surface area (Å²) in [4.78, 5) is 0. The third-order valence-corrected chi connectivity index (χ3v) is 14.8. The molecule has 8 rings (SSSR count). The van der Waals surface area contributed by atoms with E-state index in [2.05, 4.69) is 178 Å². The maximum atomic E-state index is 4.93. The van der Waals surface area contributed by atoms with E-state index in [4.69, 9.17) is 17.0 Å². The molecule has 0 atom stereocenters. The fourth-order valence-electron chi connectivity index (χ4n) is 11.5. The minimum absolute atomic E-state index is 0.199. The van der Waals surface area contributed by atoms with Gasteiger partial charge in [-0.15, -0.1) is 69.1 Å². The zero-order chi connectivity index (χ0) is 47.8. The van der Waals surface area contributed by atoms with Crippen molar-refractivity contribution < 1.29 is 20.8 Å². The molecule has 2 saturated carbocycles. The first-order chi connectivity index (χ1) is 31.6. The second-order valence-corrected chi connectivity index (χ2v) is 27.0. The average Bonchev–Trinajstić information content (AvgIpc) is 3.72. The molecule has 2 aliphatic rings. The van der Waals surface area contributed by atoms with Crippen LogP contribution in [0.4, 0.5) is 0 Å². The summed E-state index contributed by atoms with van der Waals surface area (Å²) in [7, 11) is 11.0. The van der Waals surface area contributed by atoms with Crippen LogP contribution in [0.1, 0.15) is 180 Å². The van der Waals surface area contributed by atoms with Gasteiger partial charge in [-0.1, -0.05) is 204 Å². The number of rotatable bonds is 10. The van der Waals surface area contributed by atoms with Gasteiger partial charge in [-0.2, -0.15) is 12.1 Å². The zero-order valence-corrected chi connectivity index (χ0v) is 47.8. The van der Waals surface area contributed by atoms with Crippen molar-refractivity contribution in [1.82, 2.24) is 0 Å². The molecule has 4 heteroatoms. The number of hydrogen-bond acceptors (Lipinski definition) is 0. The van der Waals surface area contributed by atoms with E-state index >= 15 is 0 Å². The van der Waals surface area contributed by atoms with Crippen molar-refractivity contribution in [2.75, 3.05) is 0 Å². The van der Waals surface area contributed by atoms with Crippen molar-refractivity contribution in [1.29, 1.82) is 0 Å². The van der Waals surface area contributed by atoms with Crippen LogP contribution in [0.3, 0.4) is 0 Å². The topological polar surface area (TPSA) is 0 Å². The van der Waals surface area contributed by atoms with Gasteiger partial charge in [-0.3, -0.25) is 0 Å². The number of halogens is 2. The fourth-order valence-corrected chi connectivity index (χ4v) is 11.5. The summed E-state index contributed by atoms with van der Waals surface area (Å²) in [6, 6.07) is 42.1. The Morgan fingerprint density at radius 1 is 0.515 bits per heavy atom. The molecule has 0 aliphatic heterocycles. The molecule has 0 spiro atoms. The van der Waals surface area contributed by atoms with Crippen molar-refractivity contribution in [2.45, 2.75) is 195 Å². The molecule has 0 amide bonds. The number of fused-ring (bicyclic) bond motifs is 2. The van der Waals surface area contributed by atoms with Crippen molar-refractivity contribution in [2.24, 2.45) is 10.8 Å². The maximum absolute atomic E-state index is 4.93. The molecule has 6 aromatic carbocycles. The molecule has 6 aromatic rings. The van der Waals surface area contributed by atoms with Crippen molar-refractivity contribution in [3.05, 3.63) is 131 Å². The van der Waals surface area contributed by atoms with Gasteiger partial charge in [-0.05, 0) is 95.3 Å². The standard InChI is InChI=1S/2C30H39.C2H6Si.2ClH.Zr/c2*1-5-17-30(18-8-6-7-9-19-30)22-23-20-25-11-10-12-27(28(25)21-23)24-13-15-26(16-14-24)29(2,3)4;1-3-2;;;/h2*10-16,20-21H,5-9,17-19,22H2,1-4H3;1-2H3;2*1H;/q2*-1;;;;+4/p-2. The van der Waals surface area contributed by atoms with Gasteiger partial charge in [0, 0.05) is 9.52 Å². The SMILES string of the molecule is CCCC1(Cc2cc3c(-c4ccc(C(C)(C)C)cc4)cccc3[cH-]2)CCCCCC1.CCCC1(Cc2cc3c(-c4ccc(C(C)(C)C)cc4)cccc3[cH-]2)CCCCCC1.C[Si]C.[Cl][Zr+2][Cl]. The molecule has 0 saturated heterocycles. The first-order valence-corrected chi connectivity index (χ1v) is 34.1. The first kappa shape index (κ1) is 54.7. The van der Waals surface area contributed by atoms with E-state index in [0.717, 1.165) is 9.52 Å². The molecule has 0 bridgehead atoms. The Bertz CT molecular complexity index is 2130. The van der Waals surface area contributed by atoms with E-state index in [-0.39, 0.29) is 10.8 Å². The number of benzene rings is 4. The normalized spacial score (nSPS) is 16.1. The summed E-state index contributed by atoms with van der Waals surface area (Å²) in [5.41, 5.74) is 12.8. The van der Waals surface area contributed by atoms with Gasteiger partial charge >= 0.3 is 37.9 Å². The third-order valence-electron chi connectivity index (χ3n) is 14.8.